The number of ether oxygens (including phenoxy) is 1. The van der Waals surface area contributed by atoms with Gasteiger partial charge in [0.2, 0.25) is 5.91 Å². The monoisotopic (exact) mass is 623 g/mol. The minimum Gasteiger partial charge on any atom is -0.489 e. The van der Waals surface area contributed by atoms with Gasteiger partial charge in [-0.25, -0.2) is 4.39 Å². The van der Waals surface area contributed by atoms with E-state index in [4.69, 9.17) is 4.74 Å². The lowest BCUT2D eigenvalue weighted by Gasteiger charge is -2.36. The number of carbonyl (C=O) groups excluding carboxylic acids is 1. The molecule has 0 N–H and O–H groups in total. The fourth-order valence-corrected chi connectivity index (χ4v) is 6.64. The van der Waals surface area contributed by atoms with Crippen molar-refractivity contribution in [1.29, 1.82) is 0 Å². The second kappa shape index (κ2) is 14.0. The summed E-state index contributed by atoms with van der Waals surface area (Å²) in [5, 5.41) is 1.14. The molecule has 1 fully saturated rings. The Balaban J connectivity index is 1.19. The zero-order chi connectivity index (χ0) is 32.0. The molecule has 1 amide bonds. The van der Waals surface area contributed by atoms with Gasteiger partial charge in [-0.15, -0.1) is 0 Å². The van der Waals surface area contributed by atoms with Crippen LogP contribution in [0.4, 0.5) is 10.1 Å². The van der Waals surface area contributed by atoms with Gasteiger partial charge in [-0.05, 0) is 52.6 Å². The van der Waals surface area contributed by atoms with E-state index in [9.17, 15) is 9.18 Å². The van der Waals surface area contributed by atoms with Gasteiger partial charge in [0.05, 0.1) is 5.69 Å². The number of carbonyl (C=O) groups is 1. The van der Waals surface area contributed by atoms with Gasteiger partial charge in [-0.1, -0.05) is 103 Å². The lowest BCUT2D eigenvalue weighted by atomic mass is 9.87. The van der Waals surface area contributed by atoms with Crippen molar-refractivity contribution in [3.63, 3.8) is 0 Å². The lowest BCUT2D eigenvalue weighted by molar-refractivity contribution is -0.131. The Kier molecular flexibility index (Phi) is 9.00. The van der Waals surface area contributed by atoms with Crippen LogP contribution in [0.5, 0.6) is 5.75 Å². The molecule has 47 heavy (non-hydrogen) atoms. The molecule has 2 heterocycles. The molecule has 1 aliphatic rings. The average molecular weight is 624 g/mol. The first-order valence-corrected chi connectivity index (χ1v) is 16.3. The van der Waals surface area contributed by atoms with E-state index in [2.05, 4.69) is 83.6 Å². The average Bonchev–Trinajstić information content (AvgIpc) is 3.48. The fraction of sp³-hybridized carbons (Fsp3) is 0.195. The number of hydrogen-bond donors (Lipinski definition) is 0. The number of fused-ring (bicyclic) bond motifs is 1. The van der Waals surface area contributed by atoms with Crippen molar-refractivity contribution < 1.29 is 13.9 Å². The summed E-state index contributed by atoms with van der Waals surface area (Å²) in [6.45, 7) is 3.50. The topological polar surface area (TPSA) is 37.7 Å². The Morgan fingerprint density at radius 2 is 1.40 bits per heavy atom. The highest BCUT2D eigenvalue weighted by Gasteiger charge is 2.28. The number of amides is 1. The number of rotatable bonds is 10. The van der Waals surface area contributed by atoms with Crippen molar-refractivity contribution in [2.45, 2.75) is 25.5 Å². The second-order valence-electron chi connectivity index (χ2n) is 12.1. The number of anilines is 1. The number of para-hydroxylation sites is 2. The third-order valence-electron chi connectivity index (χ3n) is 9.10. The molecule has 6 aromatic rings. The summed E-state index contributed by atoms with van der Waals surface area (Å²) in [6, 6.07) is 44.1. The van der Waals surface area contributed by atoms with Crippen LogP contribution < -0.4 is 9.64 Å². The summed E-state index contributed by atoms with van der Waals surface area (Å²) in [6.07, 6.45) is 2.55. The number of benzene rings is 5. The van der Waals surface area contributed by atoms with Crippen LogP contribution >= 0.6 is 0 Å². The minimum absolute atomic E-state index is 0.0960. The minimum atomic E-state index is -0.228. The lowest BCUT2D eigenvalue weighted by Crippen LogP contribution is -2.49. The molecule has 0 saturated carbocycles. The molecule has 1 aromatic heterocycles. The number of halogens is 1. The van der Waals surface area contributed by atoms with Crippen molar-refractivity contribution >= 4 is 22.5 Å². The van der Waals surface area contributed by atoms with E-state index in [1.54, 1.807) is 12.1 Å². The normalized spacial score (nSPS) is 13.9. The van der Waals surface area contributed by atoms with Gasteiger partial charge >= 0.3 is 0 Å². The van der Waals surface area contributed by atoms with E-state index < -0.39 is 0 Å². The molecule has 0 aliphatic carbocycles. The molecule has 0 bridgehead atoms. The number of aromatic nitrogens is 1. The van der Waals surface area contributed by atoms with E-state index >= 15 is 0 Å². The molecule has 236 valence electrons. The largest absolute Gasteiger partial charge is 0.489 e. The SMILES string of the molecule is O=C(CC(c1cccc(OCc2ccccc2)c1)c1cn(Cc2ccccc2)c2ccccc12)N1CCN(c2ccccc2F)CC1. The first kappa shape index (κ1) is 30.3. The van der Waals surface area contributed by atoms with Crippen LogP contribution in [0.15, 0.2) is 140 Å². The summed E-state index contributed by atoms with van der Waals surface area (Å²) in [7, 11) is 0. The first-order valence-electron chi connectivity index (χ1n) is 16.3. The molecular weight excluding hydrogens is 585 g/mol. The maximum atomic E-state index is 14.5. The molecule has 5 nitrogen and oxygen atoms in total. The van der Waals surface area contributed by atoms with Gasteiger partial charge in [0.25, 0.3) is 0 Å². The summed E-state index contributed by atoms with van der Waals surface area (Å²) >= 11 is 0. The van der Waals surface area contributed by atoms with E-state index in [1.165, 1.54) is 11.6 Å². The van der Waals surface area contributed by atoms with Gasteiger partial charge in [0.15, 0.2) is 0 Å². The zero-order valence-electron chi connectivity index (χ0n) is 26.3. The molecule has 5 aromatic carbocycles. The maximum Gasteiger partial charge on any atom is 0.223 e. The van der Waals surface area contributed by atoms with Crippen LogP contribution in [0, 0.1) is 5.82 Å². The molecule has 0 spiro atoms. The van der Waals surface area contributed by atoms with Gasteiger partial charge in [-0.2, -0.15) is 0 Å². The van der Waals surface area contributed by atoms with Crippen molar-refractivity contribution in [2.24, 2.45) is 0 Å². The Bertz CT molecular complexity index is 1950. The molecule has 7 rings (SSSR count). The third-order valence-corrected chi connectivity index (χ3v) is 9.10. The van der Waals surface area contributed by atoms with E-state index in [1.807, 2.05) is 52.3 Å². The van der Waals surface area contributed by atoms with Crippen molar-refractivity contribution in [1.82, 2.24) is 9.47 Å². The third kappa shape index (κ3) is 6.92. The smallest absolute Gasteiger partial charge is 0.223 e. The van der Waals surface area contributed by atoms with Crippen LogP contribution in [-0.2, 0) is 17.9 Å². The molecule has 1 unspecified atom stereocenters. The van der Waals surface area contributed by atoms with Crippen molar-refractivity contribution in [3.8, 4) is 5.75 Å². The summed E-state index contributed by atoms with van der Waals surface area (Å²) < 4.78 is 23.0. The number of piperazine rings is 1. The van der Waals surface area contributed by atoms with E-state index in [0.29, 0.717) is 44.9 Å². The highest BCUT2D eigenvalue weighted by Crippen LogP contribution is 2.37. The quantitative estimate of drug-likeness (QED) is 0.154. The number of hydrogen-bond acceptors (Lipinski definition) is 3. The summed E-state index contributed by atoms with van der Waals surface area (Å²) in [5.41, 5.74) is 6.21. The molecule has 1 saturated heterocycles. The van der Waals surface area contributed by atoms with Gasteiger partial charge in [0.1, 0.15) is 18.2 Å². The Labute approximate surface area is 275 Å². The first-order chi connectivity index (χ1) is 23.1. The van der Waals surface area contributed by atoms with Gasteiger partial charge in [-0.3, -0.25) is 4.79 Å². The van der Waals surface area contributed by atoms with Crippen LogP contribution in [0.25, 0.3) is 10.9 Å². The molecule has 0 radical (unpaired) electrons. The van der Waals surface area contributed by atoms with Crippen LogP contribution in [0.1, 0.15) is 34.6 Å². The Morgan fingerprint density at radius 3 is 2.17 bits per heavy atom. The number of nitrogens with zero attached hydrogens (tertiary/aromatic N) is 3. The standard InChI is InChI=1S/C41H38FN3O2/c42-38-19-8-10-21-40(38)43-22-24-44(25-23-43)41(46)27-36(33-16-11-17-34(26-33)47-30-32-14-5-2-6-15-32)37-29-45(28-31-12-3-1-4-13-31)39-20-9-7-18-35(37)39/h1-21,26,29,36H,22-25,27-28,30H2. The van der Waals surface area contributed by atoms with Crippen molar-refractivity contribution in [3.05, 3.63) is 168 Å². The van der Waals surface area contributed by atoms with E-state index in [-0.39, 0.29) is 17.6 Å². The predicted molar refractivity (Wildman–Crippen MR) is 186 cm³/mol. The summed E-state index contributed by atoms with van der Waals surface area (Å²) in [4.78, 5) is 18.1. The van der Waals surface area contributed by atoms with Crippen LogP contribution in [0.2, 0.25) is 0 Å². The zero-order valence-corrected chi connectivity index (χ0v) is 26.3. The van der Waals surface area contributed by atoms with Gasteiger partial charge in [0, 0.05) is 62.2 Å². The molecular formula is C41H38FN3O2. The Morgan fingerprint density at radius 1 is 0.723 bits per heavy atom. The molecule has 6 heteroatoms. The van der Waals surface area contributed by atoms with Crippen molar-refractivity contribution in [2.75, 3.05) is 31.1 Å². The molecule has 1 atom stereocenters. The fourth-order valence-electron chi connectivity index (χ4n) is 6.64. The van der Waals surface area contributed by atoms with Crippen LogP contribution in [0.3, 0.4) is 0 Å². The Hall–Kier alpha value is -5.36. The highest BCUT2D eigenvalue weighted by molar-refractivity contribution is 5.87. The summed E-state index contributed by atoms with van der Waals surface area (Å²) in [5.74, 6) is 0.455. The van der Waals surface area contributed by atoms with E-state index in [0.717, 1.165) is 39.9 Å². The molecule has 1 aliphatic heterocycles. The maximum absolute atomic E-state index is 14.5. The van der Waals surface area contributed by atoms with Gasteiger partial charge < -0.3 is 19.1 Å². The second-order valence-corrected chi connectivity index (χ2v) is 12.1. The highest BCUT2D eigenvalue weighted by atomic mass is 19.1. The van der Waals surface area contributed by atoms with Crippen LogP contribution in [-0.4, -0.2) is 41.6 Å². The predicted octanol–water partition coefficient (Wildman–Crippen LogP) is 8.28.